The Morgan fingerprint density at radius 2 is 2.23 bits per heavy atom. The Labute approximate surface area is 131 Å². The number of nitrogens with zero attached hydrogens (tertiary/aromatic N) is 3. The number of hydrogen-bond acceptors (Lipinski definition) is 5. The highest BCUT2D eigenvalue weighted by atomic mass is 32.2. The van der Waals surface area contributed by atoms with Gasteiger partial charge in [0.15, 0.2) is 0 Å². The Balaban J connectivity index is 2.08. The fraction of sp³-hybridized carbons (Fsp3) is 0.267. The van der Waals surface area contributed by atoms with Crippen molar-refractivity contribution in [3.8, 4) is 0 Å². The molecule has 0 saturated carbocycles. The van der Waals surface area contributed by atoms with Crippen molar-refractivity contribution in [3.63, 3.8) is 0 Å². The van der Waals surface area contributed by atoms with Crippen molar-refractivity contribution in [1.29, 1.82) is 0 Å². The van der Waals surface area contributed by atoms with Crippen LogP contribution in [-0.4, -0.2) is 26.2 Å². The predicted molar refractivity (Wildman–Crippen MR) is 84.7 cm³/mol. The first-order valence-corrected chi connectivity index (χ1v) is 7.80. The molecule has 114 valence electrons. The van der Waals surface area contributed by atoms with Crippen LogP contribution in [0.15, 0.2) is 34.2 Å². The minimum Gasteiger partial charge on any atom is -0.467 e. The number of rotatable bonds is 5. The summed E-state index contributed by atoms with van der Waals surface area (Å²) in [5.41, 5.74) is 8.28. The number of furan rings is 1. The molecule has 3 aromatic rings. The van der Waals surface area contributed by atoms with Crippen LogP contribution in [0.5, 0.6) is 0 Å². The third-order valence-corrected chi connectivity index (χ3v) is 4.63. The van der Waals surface area contributed by atoms with Gasteiger partial charge in [0.1, 0.15) is 22.8 Å². The van der Waals surface area contributed by atoms with Gasteiger partial charge < -0.3 is 14.7 Å². The lowest BCUT2D eigenvalue weighted by molar-refractivity contribution is -0.115. The highest BCUT2D eigenvalue weighted by molar-refractivity contribution is 8.00. The normalized spacial score (nSPS) is 11.2. The van der Waals surface area contributed by atoms with Crippen molar-refractivity contribution in [2.75, 3.05) is 5.75 Å². The molecule has 2 N–H and O–H groups in total. The molecule has 0 bridgehead atoms. The molecule has 7 heteroatoms. The van der Waals surface area contributed by atoms with Crippen LogP contribution < -0.4 is 5.73 Å². The number of nitrogens with two attached hydrogens (primary N) is 1. The molecule has 3 aromatic heterocycles. The lowest BCUT2D eigenvalue weighted by atomic mass is 10.2. The summed E-state index contributed by atoms with van der Waals surface area (Å²) in [4.78, 5) is 19.7. The third kappa shape index (κ3) is 2.59. The fourth-order valence-corrected chi connectivity index (χ4v) is 3.23. The van der Waals surface area contributed by atoms with E-state index >= 15 is 0 Å². The van der Waals surface area contributed by atoms with E-state index in [2.05, 4.69) is 14.5 Å². The summed E-state index contributed by atoms with van der Waals surface area (Å²) >= 11 is 1.34. The molecule has 0 radical (unpaired) electrons. The zero-order valence-electron chi connectivity index (χ0n) is 12.4. The number of fused-ring (bicyclic) bond motifs is 1. The second-order valence-electron chi connectivity index (χ2n) is 5.01. The minimum absolute atomic E-state index is 0.202. The molecule has 0 atom stereocenters. The Hall–Kier alpha value is -2.28. The van der Waals surface area contributed by atoms with Gasteiger partial charge >= 0.3 is 0 Å². The number of primary amides is 1. The molecule has 3 heterocycles. The van der Waals surface area contributed by atoms with Gasteiger partial charge in [0.2, 0.25) is 5.91 Å². The standard InChI is InChI=1S/C15H16N4O2S/c1-9-10(2)19(6-11-4-3-5-21-11)14-13(9)15(18-8-17-14)22-7-12(16)20/h3-5,8H,6-7H2,1-2H3,(H2,16,20). The molecule has 1 amide bonds. The van der Waals surface area contributed by atoms with E-state index < -0.39 is 0 Å². The van der Waals surface area contributed by atoms with Crippen molar-refractivity contribution >= 4 is 28.7 Å². The van der Waals surface area contributed by atoms with Gasteiger partial charge in [-0.15, -0.1) is 0 Å². The van der Waals surface area contributed by atoms with Gasteiger partial charge in [-0.05, 0) is 31.5 Å². The Bertz CT molecular complexity index is 824. The van der Waals surface area contributed by atoms with Gasteiger partial charge in [0.25, 0.3) is 0 Å². The summed E-state index contributed by atoms with van der Waals surface area (Å²) in [7, 11) is 0. The van der Waals surface area contributed by atoms with Crippen LogP contribution in [0, 0.1) is 13.8 Å². The molecule has 0 aromatic carbocycles. The van der Waals surface area contributed by atoms with E-state index in [-0.39, 0.29) is 11.7 Å². The Morgan fingerprint density at radius 3 is 2.91 bits per heavy atom. The SMILES string of the molecule is Cc1c(C)n(Cc2ccco2)c2ncnc(SCC(N)=O)c12. The maximum Gasteiger partial charge on any atom is 0.227 e. The second kappa shape index (κ2) is 5.84. The first kappa shape index (κ1) is 14.6. The highest BCUT2D eigenvalue weighted by Gasteiger charge is 2.17. The van der Waals surface area contributed by atoms with E-state index in [1.165, 1.54) is 18.1 Å². The number of carbonyl (C=O) groups excluding carboxylic acids is 1. The van der Waals surface area contributed by atoms with Gasteiger partial charge in [-0.1, -0.05) is 11.8 Å². The monoisotopic (exact) mass is 316 g/mol. The van der Waals surface area contributed by atoms with Gasteiger partial charge in [0.05, 0.1) is 23.9 Å². The Morgan fingerprint density at radius 1 is 1.41 bits per heavy atom. The molecule has 0 fully saturated rings. The molecular weight excluding hydrogens is 300 g/mol. The van der Waals surface area contributed by atoms with Crippen LogP contribution in [0.3, 0.4) is 0 Å². The lowest BCUT2D eigenvalue weighted by Crippen LogP contribution is -2.13. The van der Waals surface area contributed by atoms with E-state index in [0.717, 1.165) is 33.1 Å². The molecule has 22 heavy (non-hydrogen) atoms. The summed E-state index contributed by atoms with van der Waals surface area (Å²) < 4.78 is 7.53. The first-order chi connectivity index (χ1) is 10.6. The van der Waals surface area contributed by atoms with E-state index in [1.807, 2.05) is 26.0 Å². The molecule has 0 aliphatic heterocycles. The van der Waals surface area contributed by atoms with E-state index in [1.54, 1.807) is 6.26 Å². The molecule has 6 nitrogen and oxygen atoms in total. The molecular formula is C15H16N4O2S. The molecule has 0 aliphatic rings. The first-order valence-electron chi connectivity index (χ1n) is 6.81. The average molecular weight is 316 g/mol. The number of thioether (sulfide) groups is 1. The van der Waals surface area contributed by atoms with Crippen LogP contribution in [0.1, 0.15) is 17.0 Å². The zero-order valence-corrected chi connectivity index (χ0v) is 13.2. The topological polar surface area (TPSA) is 86.9 Å². The number of aryl methyl sites for hydroxylation is 1. The van der Waals surface area contributed by atoms with Crippen LogP contribution in [0.2, 0.25) is 0 Å². The molecule has 3 rings (SSSR count). The van der Waals surface area contributed by atoms with Gasteiger partial charge in [0, 0.05) is 5.69 Å². The Kier molecular flexibility index (Phi) is 3.89. The largest absolute Gasteiger partial charge is 0.467 e. The van der Waals surface area contributed by atoms with Crippen molar-refractivity contribution in [3.05, 3.63) is 41.7 Å². The average Bonchev–Trinajstić information content (AvgIpc) is 3.09. The summed E-state index contributed by atoms with van der Waals surface area (Å²) in [6.45, 7) is 4.69. The lowest BCUT2D eigenvalue weighted by Gasteiger charge is -2.05. The third-order valence-electron chi connectivity index (χ3n) is 3.62. The number of hydrogen-bond donors (Lipinski definition) is 1. The summed E-state index contributed by atoms with van der Waals surface area (Å²) in [6.07, 6.45) is 3.18. The van der Waals surface area contributed by atoms with Crippen LogP contribution in [0.4, 0.5) is 0 Å². The van der Waals surface area contributed by atoms with Gasteiger partial charge in [-0.3, -0.25) is 4.79 Å². The van der Waals surface area contributed by atoms with E-state index in [9.17, 15) is 4.79 Å². The van der Waals surface area contributed by atoms with Crippen LogP contribution in [0.25, 0.3) is 11.0 Å². The van der Waals surface area contributed by atoms with Crippen molar-refractivity contribution in [2.45, 2.75) is 25.4 Å². The van der Waals surface area contributed by atoms with Crippen LogP contribution >= 0.6 is 11.8 Å². The summed E-state index contributed by atoms with van der Waals surface area (Å²) in [5.74, 6) is 0.708. The minimum atomic E-state index is -0.360. The predicted octanol–water partition coefficient (Wildman–Crippen LogP) is 2.27. The number of aromatic nitrogens is 3. The van der Waals surface area contributed by atoms with Crippen molar-refractivity contribution in [2.24, 2.45) is 5.73 Å². The van der Waals surface area contributed by atoms with Crippen molar-refractivity contribution < 1.29 is 9.21 Å². The number of amides is 1. The zero-order chi connectivity index (χ0) is 15.7. The maximum atomic E-state index is 11.0. The molecule has 0 saturated heterocycles. The van der Waals surface area contributed by atoms with E-state index in [0.29, 0.717) is 6.54 Å². The highest BCUT2D eigenvalue weighted by Crippen LogP contribution is 2.31. The van der Waals surface area contributed by atoms with Crippen molar-refractivity contribution in [1.82, 2.24) is 14.5 Å². The number of carbonyl (C=O) groups is 1. The maximum absolute atomic E-state index is 11.0. The molecule has 0 spiro atoms. The fourth-order valence-electron chi connectivity index (χ4n) is 2.44. The van der Waals surface area contributed by atoms with E-state index in [4.69, 9.17) is 10.2 Å². The van der Waals surface area contributed by atoms with Crippen LogP contribution in [-0.2, 0) is 11.3 Å². The quantitative estimate of drug-likeness (QED) is 0.576. The smallest absolute Gasteiger partial charge is 0.227 e. The second-order valence-corrected chi connectivity index (χ2v) is 5.97. The summed E-state index contributed by atoms with van der Waals surface area (Å²) in [6, 6.07) is 3.80. The van der Waals surface area contributed by atoms with Gasteiger partial charge in [-0.2, -0.15) is 0 Å². The van der Waals surface area contributed by atoms with Gasteiger partial charge in [-0.25, -0.2) is 9.97 Å². The molecule has 0 unspecified atom stereocenters. The summed E-state index contributed by atoms with van der Waals surface area (Å²) in [5, 5.41) is 1.75. The molecule has 0 aliphatic carbocycles.